The fourth-order valence-electron chi connectivity index (χ4n) is 1.02. The lowest BCUT2D eigenvalue weighted by molar-refractivity contribution is 0.174. The van der Waals surface area contributed by atoms with E-state index in [1.165, 1.54) is 0 Å². The van der Waals surface area contributed by atoms with Crippen molar-refractivity contribution in [1.82, 2.24) is 0 Å². The molecular formula is C12H19BrO2. The van der Waals surface area contributed by atoms with Gasteiger partial charge in [0.1, 0.15) is 0 Å². The molecule has 0 bridgehead atoms. The van der Waals surface area contributed by atoms with Gasteiger partial charge in [-0.05, 0) is 24.6 Å². The van der Waals surface area contributed by atoms with Crippen molar-refractivity contribution in [3.63, 3.8) is 0 Å². The quantitative estimate of drug-likeness (QED) is 0.692. The van der Waals surface area contributed by atoms with Gasteiger partial charge in [-0.2, -0.15) is 0 Å². The highest BCUT2D eigenvalue weighted by Gasteiger charge is 2.13. The first-order chi connectivity index (χ1) is 7.27. The van der Waals surface area contributed by atoms with Gasteiger partial charge in [-0.3, -0.25) is 0 Å². The fourth-order valence-corrected chi connectivity index (χ4v) is 1.34. The van der Waals surface area contributed by atoms with Crippen molar-refractivity contribution in [3.8, 4) is 11.5 Å². The Labute approximate surface area is 101 Å². The summed E-state index contributed by atoms with van der Waals surface area (Å²) in [6.07, 6.45) is 0. The van der Waals surface area contributed by atoms with Crippen LogP contribution in [0.15, 0.2) is 16.6 Å². The highest BCUT2D eigenvalue weighted by atomic mass is 79.9. The second-order valence-electron chi connectivity index (χ2n) is 2.45. The molecule has 0 unspecified atom stereocenters. The molecule has 0 fully saturated rings. The van der Waals surface area contributed by atoms with Gasteiger partial charge in [0.15, 0.2) is 11.5 Å². The van der Waals surface area contributed by atoms with Crippen molar-refractivity contribution in [2.24, 2.45) is 0 Å². The lowest BCUT2D eigenvalue weighted by Crippen LogP contribution is -1.92. The van der Waals surface area contributed by atoms with Gasteiger partial charge >= 0.3 is 0 Å². The third kappa shape index (κ3) is 3.74. The van der Waals surface area contributed by atoms with Gasteiger partial charge in [0, 0.05) is 4.47 Å². The first-order valence-corrected chi connectivity index (χ1v) is 6.12. The Balaban J connectivity index is 0.000000442. The summed E-state index contributed by atoms with van der Waals surface area (Å²) in [4.78, 5) is 0. The number of benzene rings is 1. The monoisotopic (exact) mass is 274 g/mol. The number of ether oxygens (including phenoxy) is 2. The molecule has 0 atom stereocenters. The molecule has 0 aliphatic carbocycles. The first-order valence-electron chi connectivity index (χ1n) is 5.33. The number of hydrogen-bond acceptors (Lipinski definition) is 2. The average molecular weight is 275 g/mol. The van der Waals surface area contributed by atoms with Crippen molar-refractivity contribution in [2.45, 2.75) is 34.6 Å². The molecular weight excluding hydrogens is 256 g/mol. The zero-order valence-electron chi connectivity index (χ0n) is 10.1. The molecule has 3 heteroatoms. The number of fused-ring (bicyclic) bond motifs is 1. The van der Waals surface area contributed by atoms with Crippen molar-refractivity contribution in [2.75, 3.05) is 6.79 Å². The van der Waals surface area contributed by atoms with E-state index in [-0.39, 0.29) is 0 Å². The van der Waals surface area contributed by atoms with E-state index >= 15 is 0 Å². The molecule has 1 aromatic carbocycles. The van der Waals surface area contributed by atoms with Crippen LogP contribution in [0.25, 0.3) is 0 Å². The van der Waals surface area contributed by atoms with Gasteiger partial charge in [0.25, 0.3) is 0 Å². The number of halogens is 1. The Morgan fingerprint density at radius 3 is 2.00 bits per heavy atom. The Morgan fingerprint density at radius 1 is 1.00 bits per heavy atom. The van der Waals surface area contributed by atoms with E-state index in [9.17, 15) is 0 Å². The molecule has 1 aromatic rings. The van der Waals surface area contributed by atoms with Crippen LogP contribution in [-0.4, -0.2) is 6.79 Å². The Bertz CT molecular complexity index is 269. The summed E-state index contributed by atoms with van der Waals surface area (Å²) in [5.41, 5.74) is 1.16. The van der Waals surface area contributed by atoms with Crippen LogP contribution < -0.4 is 9.47 Å². The summed E-state index contributed by atoms with van der Waals surface area (Å²) in [6.45, 7) is 10.4. The van der Waals surface area contributed by atoms with Gasteiger partial charge in [-0.25, -0.2) is 0 Å². The van der Waals surface area contributed by atoms with Gasteiger partial charge in [-0.15, -0.1) is 0 Å². The van der Waals surface area contributed by atoms with Crippen molar-refractivity contribution < 1.29 is 9.47 Å². The minimum Gasteiger partial charge on any atom is -0.454 e. The summed E-state index contributed by atoms with van der Waals surface area (Å²) in [6, 6.07) is 3.89. The molecule has 2 rings (SSSR count). The van der Waals surface area contributed by atoms with E-state index < -0.39 is 0 Å². The zero-order valence-corrected chi connectivity index (χ0v) is 11.6. The predicted molar refractivity (Wildman–Crippen MR) is 67.7 cm³/mol. The van der Waals surface area contributed by atoms with Crippen LogP contribution in [0, 0.1) is 6.92 Å². The molecule has 0 spiro atoms. The molecule has 0 saturated heterocycles. The Morgan fingerprint density at radius 2 is 1.47 bits per heavy atom. The van der Waals surface area contributed by atoms with E-state index in [2.05, 4.69) is 15.9 Å². The molecule has 0 N–H and O–H groups in total. The Kier molecular flexibility index (Phi) is 7.22. The second kappa shape index (κ2) is 7.57. The van der Waals surface area contributed by atoms with E-state index in [4.69, 9.17) is 9.47 Å². The van der Waals surface area contributed by atoms with Crippen LogP contribution in [0.3, 0.4) is 0 Å². The summed E-state index contributed by atoms with van der Waals surface area (Å²) in [5.74, 6) is 1.66. The van der Waals surface area contributed by atoms with Gasteiger partial charge in [0.05, 0.1) is 0 Å². The summed E-state index contributed by atoms with van der Waals surface area (Å²) < 4.78 is 11.4. The van der Waals surface area contributed by atoms with Crippen LogP contribution in [-0.2, 0) is 0 Å². The van der Waals surface area contributed by atoms with Gasteiger partial charge in [0.2, 0.25) is 6.79 Å². The summed E-state index contributed by atoms with van der Waals surface area (Å²) in [5, 5.41) is 0. The minimum atomic E-state index is 0.339. The molecule has 2 nitrogen and oxygen atoms in total. The molecule has 1 aliphatic heterocycles. The minimum absolute atomic E-state index is 0.339. The van der Waals surface area contributed by atoms with E-state index in [0.717, 1.165) is 21.5 Å². The van der Waals surface area contributed by atoms with Gasteiger partial charge < -0.3 is 9.47 Å². The van der Waals surface area contributed by atoms with Crippen LogP contribution >= 0.6 is 15.9 Å². The standard InChI is InChI=1S/C8H7BrO2.2C2H6/c1-5-2-7-8(3-6(5)9)11-4-10-7;2*1-2/h2-3H,4H2,1H3;2*1-2H3. The molecule has 0 aromatic heterocycles. The number of hydrogen-bond donors (Lipinski definition) is 0. The third-order valence-corrected chi connectivity index (χ3v) is 2.51. The highest BCUT2D eigenvalue weighted by Crippen LogP contribution is 2.36. The maximum absolute atomic E-state index is 5.19. The topological polar surface area (TPSA) is 18.5 Å². The molecule has 1 aliphatic rings. The van der Waals surface area contributed by atoms with Crippen LogP contribution in [0.2, 0.25) is 0 Å². The third-order valence-electron chi connectivity index (χ3n) is 1.65. The van der Waals surface area contributed by atoms with Crippen molar-refractivity contribution in [3.05, 3.63) is 22.2 Å². The second-order valence-corrected chi connectivity index (χ2v) is 3.31. The highest BCUT2D eigenvalue weighted by molar-refractivity contribution is 9.10. The lowest BCUT2D eigenvalue weighted by atomic mass is 10.2. The van der Waals surface area contributed by atoms with Crippen LogP contribution in [0.4, 0.5) is 0 Å². The van der Waals surface area contributed by atoms with Crippen LogP contribution in [0.5, 0.6) is 11.5 Å². The molecule has 15 heavy (non-hydrogen) atoms. The fraction of sp³-hybridized carbons (Fsp3) is 0.500. The smallest absolute Gasteiger partial charge is 0.231 e. The van der Waals surface area contributed by atoms with Crippen LogP contribution in [0.1, 0.15) is 33.3 Å². The Hall–Kier alpha value is -0.700. The summed E-state index contributed by atoms with van der Waals surface area (Å²) >= 11 is 3.41. The van der Waals surface area contributed by atoms with E-state index in [1.54, 1.807) is 0 Å². The first kappa shape index (κ1) is 14.3. The molecule has 0 saturated carbocycles. The van der Waals surface area contributed by atoms with E-state index in [1.807, 2.05) is 46.8 Å². The molecule has 0 amide bonds. The summed E-state index contributed by atoms with van der Waals surface area (Å²) in [7, 11) is 0. The molecule has 1 heterocycles. The maximum Gasteiger partial charge on any atom is 0.231 e. The lowest BCUT2D eigenvalue weighted by Gasteiger charge is -1.99. The van der Waals surface area contributed by atoms with Gasteiger partial charge in [-0.1, -0.05) is 43.6 Å². The maximum atomic E-state index is 5.19. The largest absolute Gasteiger partial charge is 0.454 e. The number of rotatable bonds is 0. The molecule has 0 radical (unpaired) electrons. The van der Waals surface area contributed by atoms with Crippen molar-refractivity contribution in [1.29, 1.82) is 0 Å². The molecule has 86 valence electrons. The zero-order chi connectivity index (χ0) is 11.8. The SMILES string of the molecule is CC.CC.Cc1cc2c(cc1Br)OCO2. The van der Waals surface area contributed by atoms with Crippen molar-refractivity contribution >= 4 is 15.9 Å². The average Bonchev–Trinajstić information content (AvgIpc) is 2.72. The van der Waals surface area contributed by atoms with E-state index in [0.29, 0.717) is 6.79 Å². The normalized spacial score (nSPS) is 10.8. The predicted octanol–water partition coefficient (Wildman–Crippen LogP) is 4.54. The number of aryl methyl sites for hydroxylation is 1.